The lowest BCUT2D eigenvalue weighted by molar-refractivity contribution is -0.122. The van der Waals surface area contributed by atoms with E-state index in [9.17, 15) is 4.79 Å². The van der Waals surface area contributed by atoms with E-state index >= 15 is 0 Å². The molecular formula is C12H15NO2. The molecule has 1 fully saturated rings. The number of ketones is 1. The van der Waals surface area contributed by atoms with Crippen molar-refractivity contribution in [2.75, 3.05) is 13.7 Å². The molecule has 1 atom stereocenters. The Balaban J connectivity index is 2.30. The zero-order valence-electron chi connectivity index (χ0n) is 8.82. The summed E-state index contributed by atoms with van der Waals surface area (Å²) in [4.78, 5) is 11.7. The molecular weight excluding hydrogens is 190 g/mol. The molecule has 1 aliphatic rings. The average molecular weight is 205 g/mol. The van der Waals surface area contributed by atoms with Crippen LogP contribution in [-0.4, -0.2) is 19.4 Å². The monoisotopic (exact) mass is 205 g/mol. The molecule has 2 rings (SSSR count). The van der Waals surface area contributed by atoms with Crippen LogP contribution in [0.5, 0.6) is 5.75 Å². The van der Waals surface area contributed by atoms with E-state index < -0.39 is 0 Å². The SMILES string of the molecule is COc1ccccc1C1NCCCC1=O. The molecule has 0 bridgehead atoms. The predicted molar refractivity (Wildman–Crippen MR) is 58.0 cm³/mol. The molecule has 0 saturated carbocycles. The number of Topliss-reactive ketones (excluding diaryl/α,β-unsaturated/α-hetero) is 1. The molecule has 0 aliphatic carbocycles. The Kier molecular flexibility index (Phi) is 3.02. The van der Waals surface area contributed by atoms with Gasteiger partial charge in [-0.25, -0.2) is 0 Å². The Hall–Kier alpha value is -1.35. The van der Waals surface area contributed by atoms with Crippen LogP contribution in [-0.2, 0) is 4.79 Å². The number of hydrogen-bond donors (Lipinski definition) is 1. The summed E-state index contributed by atoms with van der Waals surface area (Å²) in [6, 6.07) is 7.49. The normalized spacial score (nSPS) is 21.4. The first-order chi connectivity index (χ1) is 7.33. The van der Waals surface area contributed by atoms with Crippen molar-refractivity contribution < 1.29 is 9.53 Å². The fourth-order valence-corrected chi connectivity index (χ4v) is 1.96. The minimum absolute atomic E-state index is 0.185. The second kappa shape index (κ2) is 4.45. The Labute approximate surface area is 89.4 Å². The third kappa shape index (κ3) is 2.02. The molecule has 1 saturated heterocycles. The molecule has 80 valence electrons. The number of piperidine rings is 1. The van der Waals surface area contributed by atoms with E-state index in [4.69, 9.17) is 4.74 Å². The van der Waals surface area contributed by atoms with Gasteiger partial charge in [0.25, 0.3) is 0 Å². The molecule has 3 nitrogen and oxygen atoms in total. The first-order valence-electron chi connectivity index (χ1n) is 5.22. The Bertz CT molecular complexity index is 362. The smallest absolute Gasteiger partial charge is 0.154 e. The summed E-state index contributed by atoms with van der Waals surface area (Å²) < 4.78 is 5.25. The van der Waals surface area contributed by atoms with Crippen LogP contribution in [0.4, 0.5) is 0 Å². The summed E-state index contributed by atoms with van der Waals surface area (Å²) in [5.74, 6) is 1.04. The van der Waals surface area contributed by atoms with Crippen molar-refractivity contribution in [2.24, 2.45) is 0 Å². The molecule has 3 heteroatoms. The fourth-order valence-electron chi connectivity index (χ4n) is 1.96. The molecule has 1 unspecified atom stereocenters. The fraction of sp³-hybridized carbons (Fsp3) is 0.417. The van der Waals surface area contributed by atoms with Crippen molar-refractivity contribution in [3.8, 4) is 5.75 Å². The summed E-state index contributed by atoms with van der Waals surface area (Å²) in [6.45, 7) is 0.897. The first-order valence-corrected chi connectivity index (χ1v) is 5.22. The molecule has 1 aromatic rings. The minimum atomic E-state index is -0.185. The van der Waals surface area contributed by atoms with E-state index in [2.05, 4.69) is 5.32 Å². The second-order valence-electron chi connectivity index (χ2n) is 3.70. The highest BCUT2D eigenvalue weighted by atomic mass is 16.5. The van der Waals surface area contributed by atoms with Gasteiger partial charge in [0.1, 0.15) is 5.75 Å². The Morgan fingerprint density at radius 3 is 2.93 bits per heavy atom. The highest BCUT2D eigenvalue weighted by Crippen LogP contribution is 2.27. The van der Waals surface area contributed by atoms with Crippen LogP contribution >= 0.6 is 0 Å². The highest BCUT2D eigenvalue weighted by Gasteiger charge is 2.25. The number of carbonyl (C=O) groups excluding carboxylic acids is 1. The zero-order valence-corrected chi connectivity index (χ0v) is 8.82. The quantitative estimate of drug-likeness (QED) is 0.798. The van der Waals surface area contributed by atoms with E-state index in [1.807, 2.05) is 24.3 Å². The van der Waals surface area contributed by atoms with Crippen molar-refractivity contribution in [1.29, 1.82) is 0 Å². The molecule has 0 radical (unpaired) electrons. The molecule has 0 spiro atoms. The van der Waals surface area contributed by atoms with Crippen LogP contribution < -0.4 is 10.1 Å². The summed E-state index contributed by atoms with van der Waals surface area (Å²) >= 11 is 0. The minimum Gasteiger partial charge on any atom is -0.496 e. The lowest BCUT2D eigenvalue weighted by atomic mass is 9.95. The number of methoxy groups -OCH3 is 1. The van der Waals surface area contributed by atoms with Crippen molar-refractivity contribution >= 4 is 5.78 Å². The van der Waals surface area contributed by atoms with E-state index in [1.165, 1.54) is 0 Å². The topological polar surface area (TPSA) is 38.3 Å². The van der Waals surface area contributed by atoms with Gasteiger partial charge in [-0.3, -0.25) is 4.79 Å². The van der Waals surface area contributed by atoms with Gasteiger partial charge >= 0.3 is 0 Å². The molecule has 0 amide bonds. The standard InChI is InChI=1S/C12H15NO2/c1-15-11-7-3-2-5-9(11)12-10(14)6-4-8-13-12/h2-3,5,7,12-13H,4,6,8H2,1H3. The molecule has 15 heavy (non-hydrogen) atoms. The maximum atomic E-state index is 11.7. The van der Waals surface area contributed by atoms with Gasteiger partial charge in [-0.05, 0) is 19.0 Å². The number of nitrogens with one attached hydrogen (secondary N) is 1. The van der Waals surface area contributed by atoms with Crippen LogP contribution in [0.3, 0.4) is 0 Å². The third-order valence-corrected chi connectivity index (χ3v) is 2.72. The lowest BCUT2D eigenvalue weighted by Crippen LogP contribution is -2.34. The van der Waals surface area contributed by atoms with Gasteiger partial charge in [0.05, 0.1) is 13.2 Å². The highest BCUT2D eigenvalue weighted by molar-refractivity contribution is 5.86. The van der Waals surface area contributed by atoms with Crippen LogP contribution in [0.15, 0.2) is 24.3 Å². The van der Waals surface area contributed by atoms with Gasteiger partial charge in [-0.1, -0.05) is 18.2 Å². The van der Waals surface area contributed by atoms with Crippen molar-refractivity contribution in [2.45, 2.75) is 18.9 Å². The number of para-hydroxylation sites is 1. The molecule has 1 N–H and O–H groups in total. The van der Waals surface area contributed by atoms with Crippen LogP contribution in [0.1, 0.15) is 24.4 Å². The van der Waals surface area contributed by atoms with Gasteiger partial charge in [-0.15, -0.1) is 0 Å². The third-order valence-electron chi connectivity index (χ3n) is 2.72. The van der Waals surface area contributed by atoms with Crippen LogP contribution in [0.25, 0.3) is 0 Å². The summed E-state index contributed by atoms with van der Waals surface area (Å²) in [6.07, 6.45) is 1.60. The molecule has 0 aromatic heterocycles. The molecule has 1 aromatic carbocycles. The molecule has 1 heterocycles. The zero-order chi connectivity index (χ0) is 10.7. The maximum absolute atomic E-state index is 11.7. The largest absolute Gasteiger partial charge is 0.496 e. The van der Waals surface area contributed by atoms with Crippen molar-refractivity contribution in [3.05, 3.63) is 29.8 Å². The Morgan fingerprint density at radius 1 is 1.40 bits per heavy atom. The first kappa shape index (κ1) is 10.2. The molecule has 1 aliphatic heterocycles. The lowest BCUT2D eigenvalue weighted by Gasteiger charge is -2.23. The number of hydrogen-bond acceptors (Lipinski definition) is 3. The van der Waals surface area contributed by atoms with E-state index in [0.717, 1.165) is 24.3 Å². The second-order valence-corrected chi connectivity index (χ2v) is 3.70. The van der Waals surface area contributed by atoms with Gasteiger partial charge in [0.15, 0.2) is 5.78 Å². The Morgan fingerprint density at radius 2 is 2.20 bits per heavy atom. The van der Waals surface area contributed by atoms with Crippen molar-refractivity contribution in [3.63, 3.8) is 0 Å². The van der Waals surface area contributed by atoms with Crippen LogP contribution in [0, 0.1) is 0 Å². The van der Waals surface area contributed by atoms with Crippen LogP contribution in [0.2, 0.25) is 0 Å². The number of ether oxygens (including phenoxy) is 1. The van der Waals surface area contributed by atoms with Gasteiger partial charge < -0.3 is 10.1 Å². The number of carbonyl (C=O) groups is 1. The average Bonchev–Trinajstić information content (AvgIpc) is 2.30. The van der Waals surface area contributed by atoms with Gasteiger partial charge in [0, 0.05) is 12.0 Å². The maximum Gasteiger partial charge on any atom is 0.154 e. The van der Waals surface area contributed by atoms with E-state index in [1.54, 1.807) is 7.11 Å². The summed E-state index contributed by atoms with van der Waals surface area (Å²) in [5.41, 5.74) is 0.949. The predicted octanol–water partition coefficient (Wildman–Crippen LogP) is 1.69. The van der Waals surface area contributed by atoms with Crippen molar-refractivity contribution in [1.82, 2.24) is 5.32 Å². The number of benzene rings is 1. The van der Waals surface area contributed by atoms with E-state index in [0.29, 0.717) is 6.42 Å². The van der Waals surface area contributed by atoms with Gasteiger partial charge in [-0.2, -0.15) is 0 Å². The van der Waals surface area contributed by atoms with E-state index in [-0.39, 0.29) is 11.8 Å². The summed E-state index contributed by atoms with van der Waals surface area (Å²) in [7, 11) is 1.63. The summed E-state index contributed by atoms with van der Waals surface area (Å²) in [5, 5.41) is 3.23. The van der Waals surface area contributed by atoms with Gasteiger partial charge in [0.2, 0.25) is 0 Å². The number of rotatable bonds is 2.